The van der Waals surface area contributed by atoms with Crippen LogP contribution in [0.2, 0.25) is 0 Å². The van der Waals surface area contributed by atoms with Crippen LogP contribution in [0.25, 0.3) is 0 Å². The molecule has 0 aliphatic carbocycles. The highest BCUT2D eigenvalue weighted by Crippen LogP contribution is 2.21. The first-order chi connectivity index (χ1) is 8.60. The number of benzene rings is 1. The lowest BCUT2D eigenvalue weighted by atomic mass is 10.1. The minimum atomic E-state index is -0.886. The Bertz CT molecular complexity index is 439. The number of hydrogen-bond donors (Lipinski definition) is 0. The molecule has 0 N–H and O–H groups in total. The normalized spacial score (nSPS) is 9.94. The summed E-state index contributed by atoms with van der Waals surface area (Å²) in [5, 5.41) is 0. The molecule has 0 aromatic heterocycles. The fourth-order valence-electron chi connectivity index (χ4n) is 1.37. The predicted octanol–water partition coefficient (Wildman–Crippen LogP) is 1.72. The van der Waals surface area contributed by atoms with Gasteiger partial charge in [-0.3, -0.25) is 4.79 Å². The van der Waals surface area contributed by atoms with E-state index in [0.29, 0.717) is 5.75 Å². The largest absolute Gasteiger partial charge is 0.467 e. The van der Waals surface area contributed by atoms with Crippen LogP contribution in [0, 0.1) is 6.92 Å². The van der Waals surface area contributed by atoms with Gasteiger partial charge in [0, 0.05) is 7.11 Å². The molecule has 1 aromatic carbocycles. The van der Waals surface area contributed by atoms with Crippen LogP contribution in [0.15, 0.2) is 18.2 Å². The van der Waals surface area contributed by atoms with Gasteiger partial charge < -0.3 is 14.2 Å². The van der Waals surface area contributed by atoms with Crippen molar-refractivity contribution in [3.8, 4) is 5.75 Å². The molecule has 0 radical (unpaired) electrons. The zero-order chi connectivity index (χ0) is 13.5. The van der Waals surface area contributed by atoms with Gasteiger partial charge in [-0.15, -0.1) is 0 Å². The number of hydrogen-bond acceptors (Lipinski definition) is 5. The standard InChI is InChI=1S/C13H16O5/c1-4-17-13(15)12(14)10-6-5-9(2)7-11(10)18-8-16-3/h5-7H,4,8H2,1-3H3. The SMILES string of the molecule is CCOC(=O)C(=O)c1ccc(C)cc1OCOC. The van der Waals surface area contributed by atoms with E-state index in [9.17, 15) is 9.59 Å². The number of Topliss-reactive ketones (excluding diaryl/α,β-unsaturated/α-hetero) is 1. The highest BCUT2D eigenvalue weighted by atomic mass is 16.7. The average Bonchev–Trinajstić information content (AvgIpc) is 2.36. The van der Waals surface area contributed by atoms with Gasteiger partial charge in [0.2, 0.25) is 0 Å². The number of methoxy groups -OCH3 is 1. The molecule has 0 fully saturated rings. The van der Waals surface area contributed by atoms with Crippen molar-refractivity contribution in [2.24, 2.45) is 0 Å². The third kappa shape index (κ3) is 3.56. The lowest BCUT2D eigenvalue weighted by molar-refractivity contribution is -0.137. The summed E-state index contributed by atoms with van der Waals surface area (Å²) in [4.78, 5) is 23.2. The van der Waals surface area contributed by atoms with Crippen LogP contribution in [-0.2, 0) is 14.3 Å². The van der Waals surface area contributed by atoms with E-state index in [0.717, 1.165) is 5.56 Å². The van der Waals surface area contributed by atoms with Gasteiger partial charge in [-0.2, -0.15) is 0 Å². The molecule has 18 heavy (non-hydrogen) atoms. The van der Waals surface area contributed by atoms with Gasteiger partial charge in [0.15, 0.2) is 6.79 Å². The molecule has 0 saturated carbocycles. The summed E-state index contributed by atoms with van der Waals surface area (Å²) < 4.78 is 14.7. The average molecular weight is 252 g/mol. The van der Waals surface area contributed by atoms with Crippen LogP contribution in [0.4, 0.5) is 0 Å². The van der Waals surface area contributed by atoms with E-state index in [1.807, 2.05) is 6.92 Å². The van der Waals surface area contributed by atoms with Crippen molar-refractivity contribution in [2.45, 2.75) is 13.8 Å². The zero-order valence-electron chi connectivity index (χ0n) is 10.7. The van der Waals surface area contributed by atoms with Crippen molar-refractivity contribution in [1.29, 1.82) is 0 Å². The maximum atomic E-state index is 11.8. The third-order valence-electron chi connectivity index (χ3n) is 2.17. The highest BCUT2D eigenvalue weighted by molar-refractivity contribution is 6.41. The summed E-state index contributed by atoms with van der Waals surface area (Å²) in [7, 11) is 1.47. The molecule has 0 amide bonds. The second kappa shape index (κ2) is 6.76. The van der Waals surface area contributed by atoms with Crippen LogP contribution < -0.4 is 4.74 Å². The predicted molar refractivity (Wildman–Crippen MR) is 64.6 cm³/mol. The summed E-state index contributed by atoms with van der Waals surface area (Å²) >= 11 is 0. The van der Waals surface area contributed by atoms with Crippen LogP contribution in [-0.4, -0.2) is 32.3 Å². The molecular formula is C13H16O5. The summed E-state index contributed by atoms with van der Waals surface area (Å²) in [6, 6.07) is 4.94. The molecule has 0 spiro atoms. The van der Waals surface area contributed by atoms with Crippen LogP contribution in [0.1, 0.15) is 22.8 Å². The molecule has 0 heterocycles. The van der Waals surface area contributed by atoms with E-state index in [1.54, 1.807) is 25.1 Å². The maximum absolute atomic E-state index is 11.8. The molecule has 5 heteroatoms. The molecule has 98 valence electrons. The summed E-state index contributed by atoms with van der Waals surface area (Å²) in [5.41, 5.74) is 1.10. The molecular weight excluding hydrogens is 236 g/mol. The lowest BCUT2D eigenvalue weighted by Crippen LogP contribution is -2.18. The smallest absolute Gasteiger partial charge is 0.379 e. The number of esters is 1. The molecule has 0 bridgehead atoms. The number of rotatable bonds is 6. The van der Waals surface area contributed by atoms with Crippen molar-refractivity contribution >= 4 is 11.8 Å². The topological polar surface area (TPSA) is 61.8 Å². The number of carbonyl (C=O) groups excluding carboxylic acids is 2. The summed E-state index contributed by atoms with van der Waals surface area (Å²) in [6.07, 6.45) is 0. The van der Waals surface area contributed by atoms with Gasteiger partial charge >= 0.3 is 5.97 Å². The summed E-state index contributed by atoms with van der Waals surface area (Å²) in [6.45, 7) is 3.66. The van der Waals surface area contributed by atoms with Gasteiger partial charge in [0.25, 0.3) is 5.78 Å². The van der Waals surface area contributed by atoms with E-state index in [-0.39, 0.29) is 19.0 Å². The zero-order valence-corrected chi connectivity index (χ0v) is 10.7. The number of ether oxygens (including phenoxy) is 3. The Morgan fingerprint density at radius 3 is 2.61 bits per heavy atom. The van der Waals surface area contributed by atoms with Crippen molar-refractivity contribution in [2.75, 3.05) is 20.5 Å². The monoisotopic (exact) mass is 252 g/mol. The Kier molecular flexibility index (Phi) is 5.32. The van der Waals surface area contributed by atoms with Crippen molar-refractivity contribution in [3.05, 3.63) is 29.3 Å². The van der Waals surface area contributed by atoms with Gasteiger partial charge in [-0.05, 0) is 31.5 Å². The molecule has 1 aromatic rings. The molecule has 0 saturated heterocycles. The number of carbonyl (C=O) groups is 2. The lowest BCUT2D eigenvalue weighted by Gasteiger charge is -2.10. The summed E-state index contributed by atoms with van der Waals surface area (Å²) in [5.74, 6) is -1.29. The Hall–Kier alpha value is -1.88. The van der Waals surface area contributed by atoms with E-state index in [2.05, 4.69) is 4.74 Å². The third-order valence-corrected chi connectivity index (χ3v) is 2.17. The van der Waals surface area contributed by atoms with Gasteiger partial charge in [0.05, 0.1) is 12.2 Å². The van der Waals surface area contributed by atoms with Crippen LogP contribution in [0.3, 0.4) is 0 Å². The fourth-order valence-corrected chi connectivity index (χ4v) is 1.37. The fraction of sp³-hybridized carbons (Fsp3) is 0.385. The van der Waals surface area contributed by atoms with Crippen molar-refractivity contribution in [1.82, 2.24) is 0 Å². The van der Waals surface area contributed by atoms with Crippen LogP contribution >= 0.6 is 0 Å². The Morgan fingerprint density at radius 1 is 1.28 bits per heavy atom. The first-order valence-corrected chi connectivity index (χ1v) is 5.54. The first-order valence-electron chi connectivity index (χ1n) is 5.54. The second-order valence-corrected chi connectivity index (χ2v) is 3.60. The van der Waals surface area contributed by atoms with Crippen LogP contribution in [0.5, 0.6) is 5.75 Å². The van der Waals surface area contributed by atoms with Gasteiger partial charge in [-0.25, -0.2) is 4.79 Å². The quantitative estimate of drug-likeness (QED) is 0.334. The second-order valence-electron chi connectivity index (χ2n) is 3.60. The van der Waals surface area contributed by atoms with Gasteiger partial charge in [0.1, 0.15) is 5.75 Å². The highest BCUT2D eigenvalue weighted by Gasteiger charge is 2.21. The number of aryl methyl sites for hydroxylation is 1. The molecule has 1 rings (SSSR count). The molecule has 5 nitrogen and oxygen atoms in total. The molecule has 0 unspecified atom stereocenters. The minimum absolute atomic E-state index is 0.00651. The maximum Gasteiger partial charge on any atom is 0.379 e. The molecule has 0 atom stereocenters. The Labute approximate surface area is 106 Å². The Balaban J connectivity index is 2.99. The Morgan fingerprint density at radius 2 is 2.00 bits per heavy atom. The van der Waals surface area contributed by atoms with E-state index < -0.39 is 11.8 Å². The van der Waals surface area contributed by atoms with Gasteiger partial charge in [-0.1, -0.05) is 6.07 Å². The van der Waals surface area contributed by atoms with E-state index in [1.165, 1.54) is 7.11 Å². The van der Waals surface area contributed by atoms with Crippen molar-refractivity contribution < 1.29 is 23.8 Å². The molecule has 0 aliphatic heterocycles. The van der Waals surface area contributed by atoms with E-state index >= 15 is 0 Å². The minimum Gasteiger partial charge on any atom is -0.467 e. The van der Waals surface area contributed by atoms with Crippen molar-refractivity contribution in [3.63, 3.8) is 0 Å². The van der Waals surface area contributed by atoms with E-state index in [4.69, 9.17) is 9.47 Å². The number of ketones is 1. The molecule has 0 aliphatic rings. The first kappa shape index (κ1) is 14.2.